The lowest BCUT2D eigenvalue weighted by Crippen LogP contribution is -2.18. The molecule has 1 amide bonds. The van der Waals surface area contributed by atoms with E-state index in [0.29, 0.717) is 33.7 Å². The average Bonchev–Trinajstić information content (AvgIpc) is 2.79. The molecule has 0 fully saturated rings. The van der Waals surface area contributed by atoms with Gasteiger partial charge in [-0.25, -0.2) is 5.43 Å². The zero-order valence-corrected chi connectivity index (χ0v) is 18.4. The first kappa shape index (κ1) is 22.1. The van der Waals surface area contributed by atoms with E-state index in [2.05, 4.69) is 32.5 Å². The van der Waals surface area contributed by atoms with Crippen molar-refractivity contribution in [3.05, 3.63) is 93.5 Å². The molecule has 0 aliphatic rings. The summed E-state index contributed by atoms with van der Waals surface area (Å²) in [5.74, 6) is 0.798. The molecule has 7 heteroatoms. The molecule has 0 aliphatic heterocycles. The second kappa shape index (κ2) is 11.0. The molecule has 0 bridgehead atoms. The SMILES string of the molecule is CCOc1cc(/C=N/NC(=O)c2ccccc2Br)ccc1OCc1ccccc1C#N. The topological polar surface area (TPSA) is 83.7 Å². The van der Waals surface area contributed by atoms with Crippen LogP contribution in [0.2, 0.25) is 0 Å². The van der Waals surface area contributed by atoms with Crippen LogP contribution >= 0.6 is 15.9 Å². The first-order valence-corrected chi connectivity index (χ1v) is 10.4. The Balaban J connectivity index is 1.69. The number of nitriles is 1. The largest absolute Gasteiger partial charge is 0.490 e. The summed E-state index contributed by atoms with van der Waals surface area (Å²) >= 11 is 3.35. The minimum atomic E-state index is -0.315. The van der Waals surface area contributed by atoms with E-state index in [1.165, 1.54) is 6.21 Å². The van der Waals surface area contributed by atoms with E-state index in [-0.39, 0.29) is 12.5 Å². The molecule has 156 valence electrons. The molecule has 0 aromatic heterocycles. The summed E-state index contributed by atoms with van der Waals surface area (Å²) in [6.07, 6.45) is 1.53. The van der Waals surface area contributed by atoms with Gasteiger partial charge < -0.3 is 9.47 Å². The number of ether oxygens (including phenoxy) is 2. The van der Waals surface area contributed by atoms with Gasteiger partial charge in [-0.1, -0.05) is 30.3 Å². The number of hydrogen-bond donors (Lipinski definition) is 1. The Morgan fingerprint density at radius 3 is 2.65 bits per heavy atom. The van der Waals surface area contributed by atoms with Gasteiger partial charge in [-0.05, 0) is 64.8 Å². The first-order valence-electron chi connectivity index (χ1n) is 9.58. The molecule has 0 heterocycles. The van der Waals surface area contributed by atoms with Crippen molar-refractivity contribution in [2.45, 2.75) is 13.5 Å². The molecule has 31 heavy (non-hydrogen) atoms. The van der Waals surface area contributed by atoms with Crippen molar-refractivity contribution in [2.24, 2.45) is 5.10 Å². The molecule has 3 rings (SSSR count). The van der Waals surface area contributed by atoms with E-state index in [1.807, 2.05) is 37.3 Å². The third kappa shape index (κ3) is 5.93. The van der Waals surface area contributed by atoms with Gasteiger partial charge >= 0.3 is 0 Å². The summed E-state index contributed by atoms with van der Waals surface area (Å²) in [6.45, 7) is 2.59. The van der Waals surface area contributed by atoms with E-state index in [9.17, 15) is 10.1 Å². The summed E-state index contributed by atoms with van der Waals surface area (Å²) in [7, 11) is 0. The van der Waals surface area contributed by atoms with Crippen LogP contribution in [-0.2, 0) is 6.61 Å². The Kier molecular flexibility index (Phi) is 7.79. The van der Waals surface area contributed by atoms with Crippen LogP contribution in [0.15, 0.2) is 76.3 Å². The van der Waals surface area contributed by atoms with Gasteiger partial charge in [-0.3, -0.25) is 4.79 Å². The van der Waals surface area contributed by atoms with Gasteiger partial charge in [-0.15, -0.1) is 0 Å². The molecule has 0 atom stereocenters. The summed E-state index contributed by atoms with van der Waals surface area (Å²) < 4.78 is 12.3. The summed E-state index contributed by atoms with van der Waals surface area (Å²) in [5.41, 5.74) is 5.12. The number of amides is 1. The normalized spacial score (nSPS) is 10.5. The molecule has 0 radical (unpaired) electrons. The molecule has 1 N–H and O–H groups in total. The van der Waals surface area contributed by atoms with Gasteiger partial charge in [0.15, 0.2) is 11.5 Å². The van der Waals surface area contributed by atoms with Crippen molar-refractivity contribution >= 4 is 28.1 Å². The van der Waals surface area contributed by atoms with Crippen LogP contribution in [0.3, 0.4) is 0 Å². The minimum absolute atomic E-state index is 0.249. The Morgan fingerprint density at radius 1 is 1.10 bits per heavy atom. The number of hydrogen-bond acceptors (Lipinski definition) is 5. The lowest BCUT2D eigenvalue weighted by Gasteiger charge is -2.13. The van der Waals surface area contributed by atoms with E-state index in [0.717, 1.165) is 11.1 Å². The van der Waals surface area contributed by atoms with Crippen molar-refractivity contribution in [1.29, 1.82) is 5.26 Å². The van der Waals surface area contributed by atoms with Gasteiger partial charge in [0, 0.05) is 10.0 Å². The molecule has 3 aromatic rings. The van der Waals surface area contributed by atoms with Crippen LogP contribution < -0.4 is 14.9 Å². The lowest BCUT2D eigenvalue weighted by molar-refractivity contribution is 0.0954. The molecular formula is C24H20BrN3O3. The highest BCUT2D eigenvalue weighted by molar-refractivity contribution is 9.10. The van der Waals surface area contributed by atoms with Crippen LogP contribution in [0.25, 0.3) is 0 Å². The van der Waals surface area contributed by atoms with Crippen LogP contribution in [-0.4, -0.2) is 18.7 Å². The Labute approximate surface area is 189 Å². The van der Waals surface area contributed by atoms with Crippen molar-refractivity contribution in [1.82, 2.24) is 5.43 Å². The lowest BCUT2D eigenvalue weighted by atomic mass is 10.1. The molecule has 0 spiro atoms. The summed E-state index contributed by atoms with van der Waals surface area (Å²) in [6, 6.07) is 21.9. The number of benzene rings is 3. The van der Waals surface area contributed by atoms with E-state index >= 15 is 0 Å². The minimum Gasteiger partial charge on any atom is -0.490 e. The highest BCUT2D eigenvalue weighted by atomic mass is 79.9. The number of halogens is 1. The van der Waals surface area contributed by atoms with Crippen LogP contribution in [0.4, 0.5) is 0 Å². The molecule has 0 saturated heterocycles. The third-order valence-corrected chi connectivity index (χ3v) is 4.98. The van der Waals surface area contributed by atoms with Gasteiger partial charge in [0.05, 0.1) is 30.0 Å². The maximum Gasteiger partial charge on any atom is 0.272 e. The van der Waals surface area contributed by atoms with E-state index in [4.69, 9.17) is 9.47 Å². The van der Waals surface area contributed by atoms with Crippen molar-refractivity contribution in [3.8, 4) is 17.6 Å². The smallest absolute Gasteiger partial charge is 0.272 e. The van der Waals surface area contributed by atoms with Gasteiger partial charge in [0.25, 0.3) is 5.91 Å². The maximum absolute atomic E-state index is 12.2. The van der Waals surface area contributed by atoms with Crippen LogP contribution in [0, 0.1) is 11.3 Å². The predicted molar refractivity (Wildman–Crippen MR) is 122 cm³/mol. The van der Waals surface area contributed by atoms with Gasteiger partial charge in [0.2, 0.25) is 0 Å². The monoisotopic (exact) mass is 477 g/mol. The number of carbonyl (C=O) groups is 1. The Morgan fingerprint density at radius 2 is 1.87 bits per heavy atom. The fourth-order valence-electron chi connectivity index (χ4n) is 2.77. The standard InChI is InChI=1S/C24H20BrN3O3/c1-2-30-23-13-17(15-27-28-24(29)20-9-5-6-10-21(20)25)11-12-22(23)31-16-19-8-4-3-7-18(19)14-26/h3-13,15H,2,16H2,1H3,(H,28,29)/b27-15+. The number of hydrazone groups is 1. The number of rotatable bonds is 8. The number of carbonyl (C=O) groups excluding carboxylic acids is 1. The van der Waals surface area contributed by atoms with Crippen molar-refractivity contribution < 1.29 is 14.3 Å². The molecule has 6 nitrogen and oxygen atoms in total. The molecule has 0 aliphatic carbocycles. The Hall–Kier alpha value is -3.63. The quantitative estimate of drug-likeness (QED) is 0.362. The van der Waals surface area contributed by atoms with Crippen molar-refractivity contribution in [3.63, 3.8) is 0 Å². The van der Waals surface area contributed by atoms with E-state index in [1.54, 1.807) is 36.4 Å². The zero-order chi connectivity index (χ0) is 22.1. The second-order valence-electron chi connectivity index (χ2n) is 6.38. The predicted octanol–water partition coefficient (Wildman–Crippen LogP) is 5.06. The molecular weight excluding hydrogens is 458 g/mol. The number of nitrogens with zero attached hydrogens (tertiary/aromatic N) is 2. The summed E-state index contributed by atoms with van der Waals surface area (Å²) in [5, 5.41) is 13.3. The highest BCUT2D eigenvalue weighted by Gasteiger charge is 2.09. The Bertz CT molecular complexity index is 1140. The van der Waals surface area contributed by atoms with Gasteiger partial charge in [-0.2, -0.15) is 10.4 Å². The number of nitrogens with one attached hydrogen (secondary N) is 1. The van der Waals surface area contributed by atoms with E-state index < -0.39 is 0 Å². The maximum atomic E-state index is 12.2. The molecule has 0 unspecified atom stereocenters. The average molecular weight is 478 g/mol. The molecule has 3 aromatic carbocycles. The highest BCUT2D eigenvalue weighted by Crippen LogP contribution is 2.29. The van der Waals surface area contributed by atoms with Crippen LogP contribution in [0.1, 0.15) is 34.0 Å². The van der Waals surface area contributed by atoms with Crippen LogP contribution in [0.5, 0.6) is 11.5 Å². The third-order valence-electron chi connectivity index (χ3n) is 4.29. The first-order chi connectivity index (χ1) is 15.1. The summed E-state index contributed by atoms with van der Waals surface area (Å²) in [4.78, 5) is 12.2. The van der Waals surface area contributed by atoms with Gasteiger partial charge in [0.1, 0.15) is 6.61 Å². The zero-order valence-electron chi connectivity index (χ0n) is 16.8. The molecule has 0 saturated carbocycles. The second-order valence-corrected chi connectivity index (χ2v) is 7.23. The van der Waals surface area contributed by atoms with Crippen molar-refractivity contribution in [2.75, 3.05) is 6.61 Å². The fraction of sp³-hybridized carbons (Fsp3) is 0.125. The fourth-order valence-corrected chi connectivity index (χ4v) is 3.24.